The monoisotopic (exact) mass is 252 g/mol. The molecule has 1 aliphatic rings. The van der Waals surface area contributed by atoms with E-state index in [0.29, 0.717) is 12.5 Å². The fraction of sp³-hybridized carbons (Fsp3) is 0.615. The fourth-order valence-electron chi connectivity index (χ4n) is 2.33. The number of aliphatic hydroxyl groups excluding tert-OH is 1. The molecule has 100 valence electrons. The predicted octanol–water partition coefficient (Wildman–Crippen LogP) is 1.80. The van der Waals surface area contributed by atoms with Gasteiger partial charge in [0.2, 0.25) is 0 Å². The van der Waals surface area contributed by atoms with E-state index in [2.05, 4.69) is 10.6 Å². The minimum atomic E-state index is -0.194. The second-order valence-corrected chi connectivity index (χ2v) is 4.92. The zero-order valence-corrected chi connectivity index (χ0v) is 10.6. The van der Waals surface area contributed by atoms with Crippen molar-refractivity contribution in [3.05, 3.63) is 24.2 Å². The van der Waals surface area contributed by atoms with Crippen LogP contribution in [0.4, 0.5) is 4.79 Å². The van der Waals surface area contributed by atoms with Gasteiger partial charge in [-0.05, 0) is 44.2 Å². The van der Waals surface area contributed by atoms with Gasteiger partial charge in [0.05, 0.1) is 18.4 Å². The van der Waals surface area contributed by atoms with Gasteiger partial charge in [-0.3, -0.25) is 0 Å². The molecule has 2 rings (SSSR count). The van der Waals surface area contributed by atoms with Gasteiger partial charge >= 0.3 is 6.03 Å². The van der Waals surface area contributed by atoms with Crippen molar-refractivity contribution in [1.29, 1.82) is 0 Å². The van der Waals surface area contributed by atoms with E-state index in [1.54, 1.807) is 12.3 Å². The summed E-state index contributed by atoms with van der Waals surface area (Å²) in [6.45, 7) is 2.49. The van der Waals surface area contributed by atoms with Crippen molar-refractivity contribution in [2.75, 3.05) is 6.54 Å². The molecule has 2 amide bonds. The lowest BCUT2D eigenvalue weighted by Gasteiger charge is -2.14. The lowest BCUT2D eigenvalue weighted by atomic mass is 10.1. The Hall–Kier alpha value is -1.49. The summed E-state index contributed by atoms with van der Waals surface area (Å²) < 4.78 is 5.21. The summed E-state index contributed by atoms with van der Waals surface area (Å²) in [5.41, 5.74) is 0. The van der Waals surface area contributed by atoms with Crippen molar-refractivity contribution >= 4 is 6.03 Å². The number of furan rings is 1. The molecule has 0 saturated heterocycles. The Balaban J connectivity index is 1.69. The lowest BCUT2D eigenvalue weighted by Crippen LogP contribution is -2.39. The van der Waals surface area contributed by atoms with Crippen molar-refractivity contribution in [3.8, 4) is 0 Å². The maximum Gasteiger partial charge on any atom is 0.315 e. The molecule has 1 aromatic rings. The molecule has 1 fully saturated rings. The summed E-state index contributed by atoms with van der Waals surface area (Å²) in [4.78, 5) is 11.7. The average molecular weight is 252 g/mol. The van der Waals surface area contributed by atoms with Crippen molar-refractivity contribution in [3.63, 3.8) is 0 Å². The third-order valence-electron chi connectivity index (χ3n) is 3.38. The number of nitrogens with one attached hydrogen (secondary N) is 2. The Morgan fingerprint density at radius 3 is 3.06 bits per heavy atom. The molecule has 0 aromatic carbocycles. The van der Waals surface area contributed by atoms with E-state index < -0.39 is 0 Å². The van der Waals surface area contributed by atoms with Gasteiger partial charge in [0.25, 0.3) is 0 Å². The zero-order chi connectivity index (χ0) is 13.0. The molecule has 1 aliphatic carbocycles. The van der Waals surface area contributed by atoms with Crippen molar-refractivity contribution < 1.29 is 14.3 Å². The first-order valence-electron chi connectivity index (χ1n) is 6.41. The topological polar surface area (TPSA) is 74.5 Å². The highest BCUT2D eigenvalue weighted by molar-refractivity contribution is 5.74. The summed E-state index contributed by atoms with van der Waals surface area (Å²) in [7, 11) is 0. The van der Waals surface area contributed by atoms with E-state index >= 15 is 0 Å². The molecule has 0 bridgehead atoms. The highest BCUT2D eigenvalue weighted by Crippen LogP contribution is 2.24. The van der Waals surface area contributed by atoms with Gasteiger partial charge in [-0.15, -0.1) is 0 Å². The third-order valence-corrected chi connectivity index (χ3v) is 3.38. The molecular weight excluding hydrogens is 232 g/mol. The number of carbonyl (C=O) groups is 1. The van der Waals surface area contributed by atoms with Gasteiger partial charge < -0.3 is 20.2 Å². The number of carbonyl (C=O) groups excluding carboxylic acids is 1. The number of hydrogen-bond donors (Lipinski definition) is 3. The standard InChI is InChI=1S/C13H20N2O3/c1-9(12-3-2-6-18-12)15-13(17)14-8-10-4-5-11(16)7-10/h2-3,6,9-11,16H,4-5,7-8H2,1H3,(H2,14,15,17)/t9-,10+,11+/m0/s1. The van der Waals surface area contributed by atoms with E-state index in [0.717, 1.165) is 25.0 Å². The Kier molecular flexibility index (Phi) is 4.25. The molecule has 0 unspecified atom stereocenters. The summed E-state index contributed by atoms with van der Waals surface area (Å²) in [5.74, 6) is 1.13. The molecule has 0 aliphatic heterocycles. The lowest BCUT2D eigenvalue weighted by molar-refractivity contribution is 0.177. The second kappa shape index (κ2) is 5.91. The molecule has 1 aromatic heterocycles. The Morgan fingerprint density at radius 2 is 2.44 bits per heavy atom. The molecule has 0 radical (unpaired) electrons. The number of rotatable bonds is 4. The van der Waals surface area contributed by atoms with Crippen LogP contribution in [0, 0.1) is 5.92 Å². The van der Waals surface area contributed by atoms with E-state index in [4.69, 9.17) is 4.42 Å². The molecule has 3 atom stereocenters. The largest absolute Gasteiger partial charge is 0.467 e. The van der Waals surface area contributed by atoms with Gasteiger partial charge in [-0.1, -0.05) is 0 Å². The molecule has 1 heterocycles. The van der Waals surface area contributed by atoms with Crippen LogP contribution in [0.25, 0.3) is 0 Å². The van der Waals surface area contributed by atoms with Crippen LogP contribution >= 0.6 is 0 Å². The Labute approximate surface area is 107 Å². The number of amides is 2. The third kappa shape index (κ3) is 3.50. The van der Waals surface area contributed by atoms with Crippen molar-refractivity contribution in [2.45, 2.75) is 38.3 Å². The van der Waals surface area contributed by atoms with E-state index in [-0.39, 0.29) is 18.2 Å². The van der Waals surface area contributed by atoms with Crippen LogP contribution in [0.15, 0.2) is 22.8 Å². The zero-order valence-electron chi connectivity index (χ0n) is 10.6. The predicted molar refractivity (Wildman–Crippen MR) is 67.0 cm³/mol. The van der Waals surface area contributed by atoms with Crippen molar-refractivity contribution in [1.82, 2.24) is 10.6 Å². The van der Waals surface area contributed by atoms with Crippen LogP contribution in [0.5, 0.6) is 0 Å². The molecule has 1 saturated carbocycles. The van der Waals surface area contributed by atoms with Gasteiger partial charge in [-0.25, -0.2) is 4.79 Å². The quantitative estimate of drug-likeness (QED) is 0.765. The second-order valence-electron chi connectivity index (χ2n) is 4.92. The van der Waals surface area contributed by atoms with Gasteiger partial charge in [0.1, 0.15) is 5.76 Å². The Morgan fingerprint density at radius 1 is 1.61 bits per heavy atom. The molecule has 0 spiro atoms. The van der Waals surface area contributed by atoms with Crippen LogP contribution in [-0.2, 0) is 0 Å². The maximum atomic E-state index is 11.7. The summed E-state index contributed by atoms with van der Waals surface area (Å²) in [6.07, 6.45) is 4.01. The van der Waals surface area contributed by atoms with E-state index in [1.807, 2.05) is 13.0 Å². The molecule has 5 nitrogen and oxygen atoms in total. The maximum absolute atomic E-state index is 11.7. The number of aliphatic hydroxyl groups is 1. The molecule has 5 heteroatoms. The minimum absolute atomic E-state index is 0.144. The van der Waals surface area contributed by atoms with Gasteiger partial charge in [0, 0.05) is 6.54 Å². The minimum Gasteiger partial charge on any atom is -0.467 e. The summed E-state index contributed by atoms with van der Waals surface area (Å²) >= 11 is 0. The molecular formula is C13H20N2O3. The van der Waals surface area contributed by atoms with Crippen molar-refractivity contribution in [2.24, 2.45) is 5.92 Å². The summed E-state index contributed by atoms with van der Waals surface area (Å²) in [6, 6.07) is 3.29. The molecule has 18 heavy (non-hydrogen) atoms. The van der Waals surface area contributed by atoms with E-state index in [1.165, 1.54) is 0 Å². The highest BCUT2D eigenvalue weighted by Gasteiger charge is 2.23. The first-order chi connectivity index (χ1) is 8.65. The normalized spacial score (nSPS) is 24.8. The summed E-state index contributed by atoms with van der Waals surface area (Å²) in [5, 5.41) is 15.0. The highest BCUT2D eigenvalue weighted by atomic mass is 16.3. The Bertz CT molecular complexity index is 378. The van der Waals surface area contributed by atoms with Gasteiger partial charge in [-0.2, -0.15) is 0 Å². The first-order valence-corrected chi connectivity index (χ1v) is 6.41. The van der Waals surface area contributed by atoms with Crippen LogP contribution < -0.4 is 10.6 Å². The van der Waals surface area contributed by atoms with Crippen LogP contribution in [0.2, 0.25) is 0 Å². The van der Waals surface area contributed by atoms with Gasteiger partial charge in [0.15, 0.2) is 0 Å². The average Bonchev–Trinajstić information content (AvgIpc) is 2.97. The van der Waals surface area contributed by atoms with E-state index in [9.17, 15) is 9.90 Å². The van der Waals surface area contributed by atoms with Crippen LogP contribution in [0.1, 0.15) is 38.0 Å². The SMILES string of the molecule is C[C@H](NC(=O)NC[C@@H]1CC[C@@H](O)C1)c1ccco1. The number of hydrogen-bond acceptors (Lipinski definition) is 3. The molecule has 3 N–H and O–H groups in total. The van der Waals surface area contributed by atoms with Crippen LogP contribution in [0.3, 0.4) is 0 Å². The van der Waals surface area contributed by atoms with Crippen LogP contribution in [-0.4, -0.2) is 23.8 Å². The first kappa shape index (κ1) is 13.0. The fourth-order valence-corrected chi connectivity index (χ4v) is 2.33. The smallest absolute Gasteiger partial charge is 0.315 e. The number of urea groups is 1.